The number of carbonyl (C=O) groups is 1. The lowest BCUT2D eigenvalue weighted by molar-refractivity contribution is 0.0692. The number of rotatable bonds is 8. The largest absolute Gasteiger partial charge is 0.491 e. The molecule has 0 radical (unpaired) electrons. The topological polar surface area (TPSA) is 50.8 Å². The third kappa shape index (κ3) is 4.45. The van der Waals surface area contributed by atoms with Gasteiger partial charge in [0.1, 0.15) is 12.4 Å². The zero-order valence-corrected chi connectivity index (χ0v) is 13.5. The average Bonchev–Trinajstić information content (AvgIpc) is 3.07. The van der Waals surface area contributed by atoms with Gasteiger partial charge < -0.3 is 19.7 Å². The van der Waals surface area contributed by atoms with E-state index in [0.29, 0.717) is 19.3 Å². The molecule has 1 fully saturated rings. The van der Waals surface area contributed by atoms with E-state index >= 15 is 0 Å². The Kier molecular flexibility index (Phi) is 6.68. The molecule has 1 unspecified atom stereocenters. The summed E-state index contributed by atoms with van der Waals surface area (Å²) in [4.78, 5) is 14.7. The summed E-state index contributed by atoms with van der Waals surface area (Å²) in [5.41, 5.74) is 0.722. The first-order chi connectivity index (χ1) is 10.8. The van der Waals surface area contributed by atoms with E-state index in [0.717, 1.165) is 43.8 Å². The van der Waals surface area contributed by atoms with E-state index in [4.69, 9.17) is 9.47 Å². The molecule has 1 atom stereocenters. The van der Waals surface area contributed by atoms with Crippen LogP contribution in [-0.2, 0) is 4.74 Å². The van der Waals surface area contributed by atoms with Gasteiger partial charge in [0, 0.05) is 31.8 Å². The first kappa shape index (κ1) is 16.8. The molecule has 5 nitrogen and oxygen atoms in total. The Labute approximate surface area is 132 Å². The van der Waals surface area contributed by atoms with Crippen molar-refractivity contribution in [2.45, 2.75) is 25.8 Å². The van der Waals surface area contributed by atoms with Crippen LogP contribution in [0.2, 0.25) is 0 Å². The van der Waals surface area contributed by atoms with E-state index in [9.17, 15) is 4.79 Å². The highest BCUT2D eigenvalue weighted by Gasteiger charge is 2.26. The third-order valence-corrected chi connectivity index (χ3v) is 3.86. The zero-order valence-electron chi connectivity index (χ0n) is 13.5. The minimum Gasteiger partial charge on any atom is -0.491 e. The molecule has 1 saturated heterocycles. The Morgan fingerprint density at radius 2 is 2.09 bits per heavy atom. The van der Waals surface area contributed by atoms with Crippen molar-refractivity contribution in [3.8, 4) is 5.75 Å². The summed E-state index contributed by atoms with van der Waals surface area (Å²) in [6.07, 6.45) is 2.00. The Morgan fingerprint density at radius 3 is 2.68 bits per heavy atom. The highest BCUT2D eigenvalue weighted by Crippen LogP contribution is 2.17. The van der Waals surface area contributed by atoms with Crippen LogP contribution in [0.4, 0.5) is 0 Å². The molecule has 0 aliphatic carbocycles. The lowest BCUT2D eigenvalue weighted by Gasteiger charge is -2.28. The standard InChI is InChI=1S/C17H26N2O3/c1-3-10-19(15-8-9-18-13-15)17(20)14-4-6-16(7-5-14)22-12-11-21-2/h4-7,15,18H,3,8-13H2,1-2H3. The number of hydrogen-bond acceptors (Lipinski definition) is 4. The number of hydrogen-bond donors (Lipinski definition) is 1. The van der Waals surface area contributed by atoms with Crippen molar-refractivity contribution in [1.29, 1.82) is 0 Å². The first-order valence-corrected chi connectivity index (χ1v) is 7.99. The summed E-state index contributed by atoms with van der Waals surface area (Å²) in [6, 6.07) is 7.69. The second-order valence-electron chi connectivity index (χ2n) is 5.51. The van der Waals surface area contributed by atoms with Gasteiger partial charge in [0.2, 0.25) is 0 Å². The summed E-state index contributed by atoms with van der Waals surface area (Å²) in [6.45, 7) is 5.86. The quantitative estimate of drug-likeness (QED) is 0.746. The van der Waals surface area contributed by atoms with E-state index in [1.807, 2.05) is 29.2 Å². The number of amides is 1. The zero-order chi connectivity index (χ0) is 15.8. The lowest BCUT2D eigenvalue weighted by atomic mass is 10.1. The maximum atomic E-state index is 12.7. The predicted octanol–water partition coefficient (Wildman–Crippen LogP) is 1.93. The maximum absolute atomic E-state index is 12.7. The van der Waals surface area contributed by atoms with Crippen molar-refractivity contribution in [2.75, 3.05) is 40.0 Å². The number of ether oxygens (including phenoxy) is 2. The Hall–Kier alpha value is -1.59. The maximum Gasteiger partial charge on any atom is 0.254 e. The molecule has 0 bridgehead atoms. The minimum absolute atomic E-state index is 0.110. The second kappa shape index (κ2) is 8.76. The molecular weight excluding hydrogens is 280 g/mol. The lowest BCUT2D eigenvalue weighted by Crippen LogP contribution is -2.42. The number of methoxy groups -OCH3 is 1. The number of benzene rings is 1. The first-order valence-electron chi connectivity index (χ1n) is 7.99. The summed E-state index contributed by atoms with van der Waals surface area (Å²) < 4.78 is 10.5. The summed E-state index contributed by atoms with van der Waals surface area (Å²) in [5, 5.41) is 3.33. The monoisotopic (exact) mass is 306 g/mol. The molecule has 5 heteroatoms. The molecule has 1 aromatic rings. The van der Waals surface area contributed by atoms with Gasteiger partial charge in [-0.3, -0.25) is 4.79 Å². The van der Waals surface area contributed by atoms with Gasteiger partial charge in [0.25, 0.3) is 5.91 Å². The van der Waals surface area contributed by atoms with Crippen molar-refractivity contribution in [2.24, 2.45) is 0 Å². The molecule has 1 amide bonds. The van der Waals surface area contributed by atoms with Gasteiger partial charge in [0.15, 0.2) is 0 Å². The molecule has 122 valence electrons. The van der Waals surface area contributed by atoms with Crippen LogP contribution in [0.1, 0.15) is 30.1 Å². The fourth-order valence-electron chi connectivity index (χ4n) is 2.70. The van der Waals surface area contributed by atoms with Crippen LogP contribution < -0.4 is 10.1 Å². The van der Waals surface area contributed by atoms with Crippen LogP contribution >= 0.6 is 0 Å². The van der Waals surface area contributed by atoms with Gasteiger partial charge in [0.05, 0.1) is 6.61 Å². The predicted molar refractivity (Wildman–Crippen MR) is 86.4 cm³/mol. The van der Waals surface area contributed by atoms with Crippen molar-refractivity contribution in [1.82, 2.24) is 10.2 Å². The van der Waals surface area contributed by atoms with Crippen LogP contribution in [0, 0.1) is 0 Å². The number of carbonyl (C=O) groups excluding carboxylic acids is 1. The van der Waals surface area contributed by atoms with E-state index in [1.165, 1.54) is 0 Å². The molecule has 0 saturated carbocycles. The fraction of sp³-hybridized carbons (Fsp3) is 0.588. The Bertz CT molecular complexity index is 455. The van der Waals surface area contributed by atoms with E-state index in [-0.39, 0.29) is 5.91 Å². The van der Waals surface area contributed by atoms with Crippen molar-refractivity contribution in [3.05, 3.63) is 29.8 Å². The molecule has 1 heterocycles. The van der Waals surface area contributed by atoms with Gasteiger partial charge in [-0.15, -0.1) is 0 Å². The van der Waals surface area contributed by atoms with Crippen LogP contribution in [0.15, 0.2) is 24.3 Å². The molecule has 1 aliphatic heterocycles. The summed E-state index contributed by atoms with van der Waals surface area (Å²) in [5.74, 6) is 0.872. The number of nitrogens with zero attached hydrogens (tertiary/aromatic N) is 1. The molecular formula is C17H26N2O3. The van der Waals surface area contributed by atoms with E-state index in [2.05, 4.69) is 12.2 Å². The molecule has 1 N–H and O–H groups in total. The molecule has 1 aromatic carbocycles. The molecule has 0 aromatic heterocycles. The van der Waals surface area contributed by atoms with Crippen molar-refractivity contribution < 1.29 is 14.3 Å². The fourth-order valence-corrected chi connectivity index (χ4v) is 2.70. The number of nitrogens with one attached hydrogen (secondary N) is 1. The highest BCUT2D eigenvalue weighted by atomic mass is 16.5. The Balaban J connectivity index is 2.00. The normalized spacial score (nSPS) is 17.5. The van der Waals surface area contributed by atoms with Crippen LogP contribution in [0.3, 0.4) is 0 Å². The van der Waals surface area contributed by atoms with E-state index in [1.54, 1.807) is 7.11 Å². The SMILES string of the molecule is CCCN(C(=O)c1ccc(OCCOC)cc1)C1CCNC1. The third-order valence-electron chi connectivity index (χ3n) is 3.86. The van der Waals surface area contributed by atoms with Gasteiger partial charge >= 0.3 is 0 Å². The summed E-state index contributed by atoms with van der Waals surface area (Å²) in [7, 11) is 1.64. The second-order valence-corrected chi connectivity index (χ2v) is 5.51. The van der Waals surface area contributed by atoms with Gasteiger partial charge in [-0.25, -0.2) is 0 Å². The van der Waals surface area contributed by atoms with Gasteiger partial charge in [-0.2, -0.15) is 0 Å². The van der Waals surface area contributed by atoms with Crippen LogP contribution in [-0.4, -0.2) is 56.8 Å². The molecule has 1 aliphatic rings. The highest BCUT2D eigenvalue weighted by molar-refractivity contribution is 5.94. The van der Waals surface area contributed by atoms with Gasteiger partial charge in [-0.05, 0) is 43.7 Å². The van der Waals surface area contributed by atoms with Gasteiger partial charge in [-0.1, -0.05) is 6.92 Å². The molecule has 2 rings (SSSR count). The molecule has 0 spiro atoms. The molecule has 22 heavy (non-hydrogen) atoms. The van der Waals surface area contributed by atoms with Crippen molar-refractivity contribution in [3.63, 3.8) is 0 Å². The average molecular weight is 306 g/mol. The van der Waals surface area contributed by atoms with Crippen molar-refractivity contribution >= 4 is 5.91 Å². The van der Waals surface area contributed by atoms with E-state index < -0.39 is 0 Å². The van der Waals surface area contributed by atoms with Crippen LogP contribution in [0.25, 0.3) is 0 Å². The Morgan fingerprint density at radius 1 is 1.32 bits per heavy atom. The minimum atomic E-state index is 0.110. The van der Waals surface area contributed by atoms with Crippen LogP contribution in [0.5, 0.6) is 5.75 Å². The smallest absolute Gasteiger partial charge is 0.254 e. The summed E-state index contributed by atoms with van der Waals surface area (Å²) >= 11 is 0.